The van der Waals surface area contributed by atoms with E-state index in [4.69, 9.17) is 23.2 Å². The van der Waals surface area contributed by atoms with E-state index in [0.717, 1.165) is 29.5 Å². The zero-order chi connectivity index (χ0) is 30.0. The van der Waals surface area contributed by atoms with Gasteiger partial charge in [-0.2, -0.15) is 4.31 Å². The molecule has 5 atom stereocenters. The highest BCUT2D eigenvalue weighted by Gasteiger charge is 2.54. The number of piperidine rings is 1. The van der Waals surface area contributed by atoms with Gasteiger partial charge < -0.3 is 10.0 Å². The van der Waals surface area contributed by atoms with Crippen LogP contribution in [0.25, 0.3) is 0 Å². The summed E-state index contributed by atoms with van der Waals surface area (Å²) in [5.74, 6) is -1.48. The summed E-state index contributed by atoms with van der Waals surface area (Å²) in [6.07, 6.45) is 1.72. The van der Waals surface area contributed by atoms with Crippen molar-refractivity contribution in [1.29, 1.82) is 0 Å². The second-order valence-corrected chi connectivity index (χ2v) is 13.5. The molecule has 42 heavy (non-hydrogen) atoms. The summed E-state index contributed by atoms with van der Waals surface area (Å²) in [4.78, 5) is 28.6. The number of hydrogen-bond donors (Lipinski definition) is 2. The Kier molecular flexibility index (Phi) is 9.40. The highest BCUT2D eigenvalue weighted by Crippen LogP contribution is 2.54. The van der Waals surface area contributed by atoms with E-state index < -0.39 is 34.7 Å². The van der Waals surface area contributed by atoms with Gasteiger partial charge in [0.05, 0.1) is 17.9 Å². The lowest BCUT2D eigenvalue weighted by Crippen LogP contribution is -2.59. The average Bonchev–Trinajstić information content (AvgIpc) is 3.79. The average molecular weight is 630 g/mol. The number of amides is 1. The minimum absolute atomic E-state index is 0.109. The maximum absolute atomic E-state index is 14.6. The van der Waals surface area contributed by atoms with Crippen molar-refractivity contribution in [2.45, 2.75) is 57.2 Å². The van der Waals surface area contributed by atoms with Crippen LogP contribution in [0.1, 0.15) is 61.3 Å². The highest BCUT2D eigenvalue weighted by molar-refractivity contribution is 7.76. The molecule has 1 aliphatic heterocycles. The van der Waals surface area contributed by atoms with Gasteiger partial charge in [-0.3, -0.25) is 14.1 Å². The summed E-state index contributed by atoms with van der Waals surface area (Å²) in [5.41, 5.74) is 1.44. The van der Waals surface area contributed by atoms with Gasteiger partial charge in [0.1, 0.15) is 0 Å². The maximum Gasteiger partial charge on any atom is 0.304 e. The minimum atomic E-state index is -2.30. The summed E-state index contributed by atoms with van der Waals surface area (Å²) in [6.45, 7) is 2.11. The molecule has 1 saturated heterocycles. The molecular formula is C32H34Cl2N2O5S. The quantitative estimate of drug-likeness (QED) is 0.224. The number of carboxylic acid groups (broad SMARTS) is 1. The molecule has 1 aliphatic carbocycles. The number of halogens is 2. The van der Waals surface area contributed by atoms with E-state index in [2.05, 4.69) is 0 Å². The van der Waals surface area contributed by atoms with Crippen molar-refractivity contribution in [3.8, 4) is 0 Å². The Bertz CT molecular complexity index is 1450. The van der Waals surface area contributed by atoms with Gasteiger partial charge in [0.2, 0.25) is 17.2 Å². The Balaban J connectivity index is 1.64. The Morgan fingerprint density at radius 2 is 1.71 bits per heavy atom. The van der Waals surface area contributed by atoms with Gasteiger partial charge in [0, 0.05) is 35.1 Å². The first-order valence-corrected chi connectivity index (χ1v) is 15.8. The molecule has 0 spiro atoms. The number of rotatable bonds is 11. The Morgan fingerprint density at radius 1 is 1.02 bits per heavy atom. The van der Waals surface area contributed by atoms with Crippen molar-refractivity contribution in [2.24, 2.45) is 11.3 Å². The molecule has 2 fully saturated rings. The molecule has 7 nitrogen and oxygen atoms in total. The normalized spacial score (nSPS) is 24.0. The van der Waals surface area contributed by atoms with Crippen LogP contribution in [0.4, 0.5) is 0 Å². The van der Waals surface area contributed by atoms with Crippen LogP contribution in [0.2, 0.25) is 10.0 Å². The number of carbonyl (C=O) groups excluding carboxylic acids is 1. The predicted molar refractivity (Wildman–Crippen MR) is 164 cm³/mol. The van der Waals surface area contributed by atoms with Crippen LogP contribution < -0.4 is 0 Å². The van der Waals surface area contributed by atoms with Crippen LogP contribution >= 0.6 is 23.2 Å². The first-order valence-electron chi connectivity index (χ1n) is 14.0. The fourth-order valence-corrected chi connectivity index (χ4v) is 7.23. The van der Waals surface area contributed by atoms with Gasteiger partial charge >= 0.3 is 5.97 Å². The molecule has 1 amide bonds. The Labute approximate surface area is 258 Å². The summed E-state index contributed by atoms with van der Waals surface area (Å²) >= 11 is 10.4. The molecule has 2 N–H and O–H groups in total. The summed E-state index contributed by atoms with van der Waals surface area (Å²) in [6, 6.07) is 23.4. The van der Waals surface area contributed by atoms with Gasteiger partial charge in [-0.25, -0.2) is 4.21 Å². The predicted octanol–water partition coefficient (Wildman–Crippen LogP) is 6.95. The van der Waals surface area contributed by atoms with Crippen LogP contribution in [0, 0.1) is 11.3 Å². The smallest absolute Gasteiger partial charge is 0.304 e. The molecule has 222 valence electrons. The number of benzene rings is 3. The number of likely N-dealkylation sites (tertiary alicyclic amines) is 1. The van der Waals surface area contributed by atoms with Crippen LogP contribution in [-0.4, -0.2) is 47.5 Å². The molecule has 3 aromatic carbocycles. The van der Waals surface area contributed by atoms with Crippen molar-refractivity contribution in [1.82, 2.24) is 9.21 Å². The highest BCUT2D eigenvalue weighted by atomic mass is 35.5. The third-order valence-corrected chi connectivity index (χ3v) is 9.68. The molecule has 0 aromatic heterocycles. The second-order valence-electron chi connectivity index (χ2n) is 11.6. The first-order chi connectivity index (χ1) is 20.1. The molecule has 10 heteroatoms. The van der Waals surface area contributed by atoms with Gasteiger partial charge in [-0.15, -0.1) is 0 Å². The SMILES string of the molecule is CC1(CC(=O)O)CC(c2cccc(Cl)c2)C(c2ccc(Cl)cc2)N(C(CN(Cc2ccccc2)S(=O)O)C2CC2)C1=O. The van der Waals surface area contributed by atoms with Crippen LogP contribution in [0.5, 0.6) is 0 Å². The fraction of sp³-hybridized carbons (Fsp3) is 0.375. The summed E-state index contributed by atoms with van der Waals surface area (Å²) in [7, 11) is 0. The minimum Gasteiger partial charge on any atom is -0.481 e. The van der Waals surface area contributed by atoms with Crippen LogP contribution in [0.3, 0.4) is 0 Å². The van der Waals surface area contributed by atoms with E-state index >= 15 is 0 Å². The molecular weight excluding hydrogens is 595 g/mol. The van der Waals surface area contributed by atoms with Gasteiger partial charge in [-0.05, 0) is 66.1 Å². The second kappa shape index (κ2) is 12.9. The molecule has 0 bridgehead atoms. The lowest BCUT2D eigenvalue weighted by molar-refractivity contribution is -0.161. The van der Waals surface area contributed by atoms with Crippen molar-refractivity contribution >= 4 is 46.3 Å². The molecule has 5 unspecified atom stereocenters. The zero-order valence-electron chi connectivity index (χ0n) is 23.2. The molecule has 2 aliphatic rings. The number of carboxylic acids is 1. The van der Waals surface area contributed by atoms with E-state index in [1.807, 2.05) is 65.6 Å². The molecule has 5 rings (SSSR count). The monoisotopic (exact) mass is 628 g/mol. The van der Waals surface area contributed by atoms with E-state index in [1.54, 1.807) is 25.1 Å². The van der Waals surface area contributed by atoms with E-state index in [9.17, 15) is 23.5 Å². The number of aliphatic carboxylic acids is 1. The topological polar surface area (TPSA) is 98.2 Å². The molecule has 3 aromatic rings. The number of carbonyl (C=O) groups is 2. The third-order valence-electron chi connectivity index (χ3n) is 8.47. The fourth-order valence-electron chi connectivity index (χ4n) is 6.37. The molecule has 0 radical (unpaired) electrons. The maximum atomic E-state index is 14.6. The van der Waals surface area contributed by atoms with E-state index in [1.165, 1.54) is 4.31 Å². The Morgan fingerprint density at radius 3 is 2.31 bits per heavy atom. The number of hydrogen-bond acceptors (Lipinski definition) is 3. The van der Waals surface area contributed by atoms with E-state index in [-0.39, 0.29) is 37.3 Å². The summed E-state index contributed by atoms with van der Waals surface area (Å²) < 4.78 is 24.5. The van der Waals surface area contributed by atoms with Crippen molar-refractivity contribution in [3.05, 3.63) is 106 Å². The van der Waals surface area contributed by atoms with Crippen molar-refractivity contribution in [3.63, 3.8) is 0 Å². The summed E-state index contributed by atoms with van der Waals surface area (Å²) in [5, 5.41) is 11.0. The molecule has 1 saturated carbocycles. The van der Waals surface area contributed by atoms with Crippen LogP contribution in [0.15, 0.2) is 78.9 Å². The lowest BCUT2D eigenvalue weighted by atomic mass is 9.67. The van der Waals surface area contributed by atoms with Crippen molar-refractivity contribution in [2.75, 3.05) is 6.54 Å². The lowest BCUT2D eigenvalue weighted by Gasteiger charge is -2.52. The largest absolute Gasteiger partial charge is 0.481 e. The van der Waals surface area contributed by atoms with Crippen molar-refractivity contribution < 1.29 is 23.5 Å². The third kappa shape index (κ3) is 6.90. The number of nitrogens with zero attached hydrogens (tertiary/aromatic N) is 2. The zero-order valence-corrected chi connectivity index (χ0v) is 25.6. The Hall–Kier alpha value is -2.75. The van der Waals surface area contributed by atoms with E-state index in [0.29, 0.717) is 16.5 Å². The standard InChI is InChI=1S/C32H34Cl2N2O5S/c1-32(18-29(37)38)17-27(24-8-5-9-26(34)16-24)30(23-12-14-25(33)15-13-23)36(31(32)39)28(22-10-11-22)20-35(42(40)41)19-21-6-3-2-4-7-21/h2-9,12-16,22,27-28,30H,10-11,17-20H2,1H3,(H,37,38)(H,40,41). The van der Waals surface area contributed by atoms with Gasteiger partial charge in [-0.1, -0.05) is 84.7 Å². The molecule has 1 heterocycles. The van der Waals surface area contributed by atoms with Crippen LogP contribution in [-0.2, 0) is 27.4 Å². The van der Waals surface area contributed by atoms with Gasteiger partial charge in [0.15, 0.2) is 0 Å². The van der Waals surface area contributed by atoms with Gasteiger partial charge in [0.25, 0.3) is 0 Å². The first kappa shape index (κ1) is 30.7.